The van der Waals surface area contributed by atoms with E-state index in [0.29, 0.717) is 5.75 Å². The lowest BCUT2D eigenvalue weighted by Gasteiger charge is -2.03. The molecular weight excluding hydrogens is 216 g/mol. The van der Waals surface area contributed by atoms with Gasteiger partial charge in [0, 0.05) is 0 Å². The van der Waals surface area contributed by atoms with Gasteiger partial charge in [-0.05, 0) is 24.6 Å². The van der Waals surface area contributed by atoms with Gasteiger partial charge >= 0.3 is 0 Å². The molecule has 1 N–H and O–H groups in total. The molecule has 1 rings (SSSR count). The second-order valence-electron chi connectivity index (χ2n) is 2.90. The lowest BCUT2D eigenvalue weighted by atomic mass is 10.2. The van der Waals surface area contributed by atoms with Crippen molar-refractivity contribution in [3.05, 3.63) is 55.5 Å². The van der Waals surface area contributed by atoms with Crippen LogP contribution in [0.2, 0.25) is 0 Å². The standard InChI is InChI=1S/C10H12O2.C4H6O/c1-3-4-8-5-6-9(11)10(7-8)12-2;1-3-5-4-2/h3-7,11H,1-2H3;3-4H,1-2H2/b4-3+;. The van der Waals surface area contributed by atoms with Crippen molar-refractivity contribution in [2.45, 2.75) is 6.92 Å². The summed E-state index contributed by atoms with van der Waals surface area (Å²) in [5, 5.41) is 9.25. The molecule has 0 unspecified atom stereocenters. The first-order valence-electron chi connectivity index (χ1n) is 5.06. The zero-order chi connectivity index (χ0) is 13.1. The van der Waals surface area contributed by atoms with Crippen LogP contribution in [0.15, 0.2) is 50.0 Å². The lowest BCUT2D eigenvalue weighted by molar-refractivity contribution is 0.373. The molecule has 0 heterocycles. The van der Waals surface area contributed by atoms with E-state index in [0.717, 1.165) is 5.56 Å². The van der Waals surface area contributed by atoms with Crippen LogP contribution in [0.1, 0.15) is 12.5 Å². The summed E-state index contributed by atoms with van der Waals surface area (Å²) >= 11 is 0. The summed E-state index contributed by atoms with van der Waals surface area (Å²) in [6.07, 6.45) is 6.51. The smallest absolute Gasteiger partial charge is 0.161 e. The summed E-state index contributed by atoms with van der Waals surface area (Å²) in [6.45, 7) is 8.46. The number of methoxy groups -OCH3 is 1. The van der Waals surface area contributed by atoms with Gasteiger partial charge in [-0.2, -0.15) is 0 Å². The molecular formula is C14H18O3. The Bertz CT molecular complexity index is 375. The normalized spacial score (nSPS) is 9.06. The first-order valence-corrected chi connectivity index (χ1v) is 5.06. The summed E-state index contributed by atoms with van der Waals surface area (Å²) < 4.78 is 9.31. The fraction of sp³-hybridized carbons (Fsp3) is 0.143. The van der Waals surface area contributed by atoms with Crippen LogP contribution in [0, 0.1) is 0 Å². The van der Waals surface area contributed by atoms with E-state index in [9.17, 15) is 5.11 Å². The number of benzene rings is 1. The van der Waals surface area contributed by atoms with E-state index in [1.54, 1.807) is 12.1 Å². The zero-order valence-electron chi connectivity index (χ0n) is 10.2. The van der Waals surface area contributed by atoms with E-state index in [-0.39, 0.29) is 5.75 Å². The van der Waals surface area contributed by atoms with Crippen LogP contribution in [0.4, 0.5) is 0 Å². The molecule has 1 aromatic rings. The van der Waals surface area contributed by atoms with E-state index in [1.165, 1.54) is 19.6 Å². The average molecular weight is 234 g/mol. The number of aromatic hydroxyl groups is 1. The number of phenolic OH excluding ortho intramolecular Hbond substituents is 1. The number of allylic oxidation sites excluding steroid dienone is 1. The predicted molar refractivity (Wildman–Crippen MR) is 70.8 cm³/mol. The lowest BCUT2D eigenvalue weighted by Crippen LogP contribution is -1.83. The van der Waals surface area contributed by atoms with Crippen molar-refractivity contribution in [1.82, 2.24) is 0 Å². The first-order chi connectivity index (χ1) is 8.19. The second kappa shape index (κ2) is 9.09. The van der Waals surface area contributed by atoms with Gasteiger partial charge in [0.1, 0.15) is 0 Å². The van der Waals surface area contributed by atoms with Crippen LogP contribution in [-0.2, 0) is 4.74 Å². The van der Waals surface area contributed by atoms with Crippen LogP contribution in [0.5, 0.6) is 11.5 Å². The molecule has 92 valence electrons. The van der Waals surface area contributed by atoms with Crippen LogP contribution in [0.3, 0.4) is 0 Å². The monoisotopic (exact) mass is 234 g/mol. The van der Waals surface area contributed by atoms with Crippen molar-refractivity contribution in [1.29, 1.82) is 0 Å². The van der Waals surface area contributed by atoms with Gasteiger partial charge in [-0.15, -0.1) is 0 Å². The Morgan fingerprint density at radius 2 is 1.88 bits per heavy atom. The Kier molecular flexibility index (Phi) is 7.94. The van der Waals surface area contributed by atoms with Gasteiger partial charge in [0.05, 0.1) is 19.6 Å². The topological polar surface area (TPSA) is 38.7 Å². The Morgan fingerprint density at radius 3 is 2.29 bits per heavy atom. The maximum absolute atomic E-state index is 9.25. The largest absolute Gasteiger partial charge is 0.504 e. The number of ether oxygens (including phenoxy) is 2. The number of rotatable bonds is 4. The third-order valence-electron chi connectivity index (χ3n) is 1.76. The highest BCUT2D eigenvalue weighted by Gasteiger charge is 1.99. The molecule has 0 saturated carbocycles. The van der Waals surface area contributed by atoms with E-state index in [1.807, 2.05) is 25.1 Å². The molecule has 0 aliphatic rings. The Labute approximate surface area is 102 Å². The highest BCUT2D eigenvalue weighted by Crippen LogP contribution is 2.26. The molecule has 1 aromatic carbocycles. The van der Waals surface area contributed by atoms with Crippen LogP contribution in [0.25, 0.3) is 6.08 Å². The fourth-order valence-corrected chi connectivity index (χ4v) is 1.06. The van der Waals surface area contributed by atoms with Crippen molar-refractivity contribution in [3.63, 3.8) is 0 Å². The molecule has 0 bridgehead atoms. The van der Waals surface area contributed by atoms with Crippen molar-refractivity contribution in [2.75, 3.05) is 7.11 Å². The Hall–Kier alpha value is -2.16. The number of hydrogen-bond donors (Lipinski definition) is 1. The Balaban J connectivity index is 0.000000437. The van der Waals surface area contributed by atoms with Crippen LogP contribution >= 0.6 is 0 Å². The number of hydrogen-bond acceptors (Lipinski definition) is 3. The minimum atomic E-state index is 0.172. The van der Waals surface area contributed by atoms with Gasteiger partial charge in [-0.1, -0.05) is 31.4 Å². The molecule has 0 fully saturated rings. The average Bonchev–Trinajstić information content (AvgIpc) is 2.34. The predicted octanol–water partition coefficient (Wildman–Crippen LogP) is 3.72. The quantitative estimate of drug-likeness (QED) is 0.807. The second-order valence-corrected chi connectivity index (χ2v) is 2.90. The van der Waals surface area contributed by atoms with Gasteiger partial charge in [-0.3, -0.25) is 0 Å². The molecule has 0 aliphatic carbocycles. The van der Waals surface area contributed by atoms with Gasteiger partial charge < -0.3 is 14.6 Å². The highest BCUT2D eigenvalue weighted by atomic mass is 16.5. The van der Waals surface area contributed by atoms with E-state index < -0.39 is 0 Å². The molecule has 0 amide bonds. The summed E-state index contributed by atoms with van der Waals surface area (Å²) in [5.41, 5.74) is 1.02. The van der Waals surface area contributed by atoms with E-state index >= 15 is 0 Å². The number of phenols is 1. The van der Waals surface area contributed by atoms with Crippen LogP contribution in [-0.4, -0.2) is 12.2 Å². The summed E-state index contributed by atoms with van der Waals surface area (Å²) in [6, 6.07) is 5.24. The summed E-state index contributed by atoms with van der Waals surface area (Å²) in [4.78, 5) is 0. The van der Waals surface area contributed by atoms with Crippen molar-refractivity contribution >= 4 is 6.08 Å². The fourth-order valence-electron chi connectivity index (χ4n) is 1.06. The first kappa shape index (κ1) is 14.8. The van der Waals surface area contributed by atoms with Gasteiger partial charge in [0.15, 0.2) is 11.5 Å². The maximum atomic E-state index is 9.25. The zero-order valence-corrected chi connectivity index (χ0v) is 10.2. The molecule has 0 radical (unpaired) electrons. The van der Waals surface area contributed by atoms with Crippen LogP contribution < -0.4 is 4.74 Å². The molecule has 0 aliphatic heterocycles. The van der Waals surface area contributed by atoms with E-state index in [2.05, 4.69) is 17.9 Å². The Morgan fingerprint density at radius 1 is 1.24 bits per heavy atom. The van der Waals surface area contributed by atoms with Gasteiger partial charge in [0.25, 0.3) is 0 Å². The minimum Gasteiger partial charge on any atom is -0.504 e. The SMILES string of the molecule is C/C=C/c1ccc(O)c(OC)c1.C=COC=C. The molecule has 0 spiro atoms. The third kappa shape index (κ3) is 6.10. The summed E-state index contributed by atoms with van der Waals surface area (Å²) in [5.74, 6) is 0.677. The van der Waals surface area contributed by atoms with Crippen molar-refractivity contribution < 1.29 is 14.6 Å². The van der Waals surface area contributed by atoms with E-state index in [4.69, 9.17) is 4.74 Å². The molecule has 3 nitrogen and oxygen atoms in total. The maximum Gasteiger partial charge on any atom is 0.161 e. The third-order valence-corrected chi connectivity index (χ3v) is 1.76. The molecule has 3 heteroatoms. The van der Waals surface area contributed by atoms with Crippen molar-refractivity contribution in [2.24, 2.45) is 0 Å². The minimum absolute atomic E-state index is 0.172. The molecule has 0 atom stereocenters. The summed E-state index contributed by atoms with van der Waals surface area (Å²) in [7, 11) is 1.54. The molecule has 0 saturated heterocycles. The van der Waals surface area contributed by atoms with Gasteiger partial charge in [0.2, 0.25) is 0 Å². The van der Waals surface area contributed by atoms with Gasteiger partial charge in [-0.25, -0.2) is 0 Å². The molecule has 17 heavy (non-hydrogen) atoms. The van der Waals surface area contributed by atoms with Crippen molar-refractivity contribution in [3.8, 4) is 11.5 Å². The highest BCUT2D eigenvalue weighted by molar-refractivity contribution is 5.55. The molecule has 0 aromatic heterocycles.